The standard InChI is InChI=1S/C42H54N4O7S/c1-5-52-16-15-44-20-40-22-45(23-41(40,21-44)26-53-25-40)39(48)42-19-34(42)33-18-30(51-4)12-14-31(33)37-36(28-9-7-6-8-10-28)32-13-11-29(17-35(32)46(37)24-42)38(47)43-54(49,50)27(2)3/h11-14,17-18,27-28,34H,5-10,15-16,19-26H2,1-4H3,(H,43,47)/t34?,40?,41?,42-/m0/s1. The SMILES string of the molecule is CCOCCN1CC23COCC2(C1)CN(C(=O)[C@]12CC1c1cc(OC)ccc1-c1c(C4CCCCC4)c4ccc(C(=O)NS(=O)(=O)C(C)C)cc4n1C2)C3. The van der Waals surface area contributed by atoms with Gasteiger partial charge < -0.3 is 23.7 Å². The Kier molecular flexibility index (Phi) is 8.76. The van der Waals surface area contributed by atoms with E-state index in [1.54, 1.807) is 27.0 Å². The zero-order valence-corrected chi connectivity index (χ0v) is 32.9. The Morgan fingerprint density at radius 3 is 2.41 bits per heavy atom. The monoisotopic (exact) mass is 758 g/mol. The molecule has 54 heavy (non-hydrogen) atoms. The van der Waals surface area contributed by atoms with Crippen LogP contribution in [0.3, 0.4) is 0 Å². The Hall–Kier alpha value is -3.45. The summed E-state index contributed by atoms with van der Waals surface area (Å²) in [7, 11) is -2.13. The third-order valence-corrected chi connectivity index (χ3v) is 15.7. The van der Waals surface area contributed by atoms with Gasteiger partial charge in [-0.2, -0.15) is 0 Å². The molecule has 12 heteroatoms. The van der Waals surface area contributed by atoms with Crippen LogP contribution in [0, 0.1) is 16.2 Å². The molecule has 0 spiro atoms. The van der Waals surface area contributed by atoms with E-state index < -0.39 is 26.6 Å². The van der Waals surface area contributed by atoms with Gasteiger partial charge in [0.25, 0.3) is 5.91 Å². The van der Waals surface area contributed by atoms with Gasteiger partial charge in [-0.1, -0.05) is 25.3 Å². The van der Waals surface area contributed by atoms with Crippen molar-refractivity contribution in [2.75, 3.05) is 66.3 Å². The number of hydrogen-bond donors (Lipinski definition) is 1. The summed E-state index contributed by atoms with van der Waals surface area (Å²) in [6.45, 7) is 12.5. The first kappa shape index (κ1) is 36.2. The van der Waals surface area contributed by atoms with Gasteiger partial charge in [-0.05, 0) is 87.4 Å². The highest BCUT2D eigenvalue weighted by Gasteiger charge is 2.70. The van der Waals surface area contributed by atoms with Gasteiger partial charge in [-0.25, -0.2) is 13.1 Å². The first-order valence-electron chi connectivity index (χ1n) is 20.0. The van der Waals surface area contributed by atoms with E-state index in [9.17, 15) is 13.2 Å². The minimum absolute atomic E-state index is 0.0288. The Bertz CT molecular complexity index is 2100. The van der Waals surface area contributed by atoms with Crippen molar-refractivity contribution in [3.63, 3.8) is 0 Å². The quantitative estimate of drug-likeness (QED) is 0.269. The fourth-order valence-electron chi connectivity index (χ4n) is 11.1. The molecule has 1 N–H and O–H groups in total. The fraction of sp³-hybridized carbons (Fsp3) is 0.619. The lowest BCUT2D eigenvalue weighted by Gasteiger charge is -2.30. The maximum Gasteiger partial charge on any atom is 0.264 e. The number of fused-ring (bicyclic) bond motifs is 7. The molecule has 3 saturated heterocycles. The van der Waals surface area contributed by atoms with Crippen molar-refractivity contribution in [1.29, 1.82) is 0 Å². The molecule has 2 aliphatic carbocycles. The van der Waals surface area contributed by atoms with Crippen LogP contribution < -0.4 is 9.46 Å². The van der Waals surface area contributed by atoms with Gasteiger partial charge in [-0.15, -0.1) is 0 Å². The highest BCUT2D eigenvalue weighted by atomic mass is 32.2. The molecule has 290 valence electrons. The normalized spacial score (nSPS) is 29.1. The number of carbonyl (C=O) groups excluding carboxylic acids is 2. The lowest BCUT2D eigenvalue weighted by molar-refractivity contribution is -0.138. The van der Waals surface area contributed by atoms with Gasteiger partial charge in [0.05, 0.1) is 43.3 Å². The molecule has 2 aromatic carbocycles. The Labute approximate surface area is 318 Å². The van der Waals surface area contributed by atoms with Crippen LogP contribution in [-0.4, -0.2) is 106 Å². The zero-order valence-electron chi connectivity index (χ0n) is 32.1. The molecule has 11 nitrogen and oxygen atoms in total. The van der Waals surface area contributed by atoms with Crippen LogP contribution in [0.25, 0.3) is 22.2 Å². The highest BCUT2D eigenvalue weighted by molar-refractivity contribution is 7.90. The number of rotatable bonds is 10. The number of likely N-dealkylation sites (tertiary alicyclic amines) is 2. The summed E-state index contributed by atoms with van der Waals surface area (Å²) in [5.41, 5.74) is 5.05. The summed E-state index contributed by atoms with van der Waals surface area (Å²) in [5, 5.41) is 0.336. The minimum atomic E-state index is -3.82. The first-order valence-corrected chi connectivity index (χ1v) is 21.6. The van der Waals surface area contributed by atoms with Crippen LogP contribution in [-0.2, 0) is 30.8 Å². The maximum atomic E-state index is 15.4. The number of nitrogens with zero attached hydrogens (tertiary/aromatic N) is 3. The van der Waals surface area contributed by atoms with Crippen LogP contribution in [0.2, 0.25) is 0 Å². The third kappa shape index (κ3) is 5.48. The predicted molar refractivity (Wildman–Crippen MR) is 206 cm³/mol. The van der Waals surface area contributed by atoms with Crippen LogP contribution in [0.5, 0.6) is 5.75 Å². The van der Waals surface area contributed by atoms with Gasteiger partial charge in [0.2, 0.25) is 15.9 Å². The van der Waals surface area contributed by atoms with Crippen molar-refractivity contribution in [3.8, 4) is 17.0 Å². The molecule has 6 aliphatic rings. The molecule has 2 amide bonds. The Morgan fingerprint density at radius 2 is 1.72 bits per heavy atom. The maximum absolute atomic E-state index is 15.4. The predicted octanol–water partition coefficient (Wildman–Crippen LogP) is 5.52. The van der Waals surface area contributed by atoms with Crippen molar-refractivity contribution in [3.05, 3.63) is 53.1 Å². The molecule has 4 atom stereocenters. The molecule has 3 aromatic rings. The van der Waals surface area contributed by atoms with E-state index in [4.69, 9.17) is 14.2 Å². The summed E-state index contributed by atoms with van der Waals surface area (Å²) >= 11 is 0. The van der Waals surface area contributed by atoms with E-state index in [-0.39, 0.29) is 22.7 Å². The molecule has 5 fully saturated rings. The van der Waals surface area contributed by atoms with E-state index in [0.717, 1.165) is 85.2 Å². The first-order chi connectivity index (χ1) is 25.9. The molecule has 2 saturated carbocycles. The number of benzene rings is 2. The van der Waals surface area contributed by atoms with Gasteiger partial charge in [0.1, 0.15) is 5.75 Å². The number of sulfonamides is 1. The van der Waals surface area contributed by atoms with Crippen molar-refractivity contribution >= 4 is 32.7 Å². The molecule has 9 rings (SSSR count). The lowest BCUT2D eigenvalue weighted by atomic mass is 9.71. The van der Waals surface area contributed by atoms with Gasteiger partial charge >= 0.3 is 0 Å². The van der Waals surface area contributed by atoms with E-state index in [2.05, 4.69) is 31.2 Å². The van der Waals surface area contributed by atoms with Gasteiger partial charge in [0.15, 0.2) is 0 Å². The fourth-order valence-corrected chi connectivity index (χ4v) is 11.7. The van der Waals surface area contributed by atoms with Crippen LogP contribution >= 0.6 is 0 Å². The number of hydrogen-bond acceptors (Lipinski definition) is 8. The zero-order chi connectivity index (χ0) is 37.6. The van der Waals surface area contributed by atoms with Crippen LogP contribution in [0.1, 0.15) is 92.6 Å². The van der Waals surface area contributed by atoms with Crippen molar-refractivity contribution in [1.82, 2.24) is 19.1 Å². The van der Waals surface area contributed by atoms with E-state index in [1.165, 1.54) is 12.0 Å². The van der Waals surface area contributed by atoms with E-state index in [0.29, 0.717) is 57.5 Å². The smallest absolute Gasteiger partial charge is 0.264 e. The summed E-state index contributed by atoms with van der Waals surface area (Å²) in [6.07, 6.45) is 6.46. The highest BCUT2D eigenvalue weighted by Crippen LogP contribution is 2.67. The average Bonchev–Trinajstić information content (AvgIpc) is 3.35. The van der Waals surface area contributed by atoms with Crippen LogP contribution in [0.4, 0.5) is 0 Å². The Balaban J connectivity index is 1.14. The number of carbonyl (C=O) groups is 2. The van der Waals surface area contributed by atoms with Gasteiger partial charge in [-0.3, -0.25) is 14.5 Å². The summed E-state index contributed by atoms with van der Waals surface area (Å²) in [4.78, 5) is 33.6. The van der Waals surface area contributed by atoms with Crippen molar-refractivity contribution < 1.29 is 32.2 Å². The summed E-state index contributed by atoms with van der Waals surface area (Å²) in [5.74, 6) is 0.726. The number of ether oxygens (including phenoxy) is 3. The molecule has 0 bridgehead atoms. The summed E-state index contributed by atoms with van der Waals surface area (Å²) < 4.78 is 47.8. The molecular formula is C42H54N4O7S. The van der Waals surface area contributed by atoms with Crippen molar-refractivity contribution in [2.45, 2.75) is 82.9 Å². The van der Waals surface area contributed by atoms with E-state index in [1.807, 2.05) is 25.1 Å². The second kappa shape index (κ2) is 13.1. The molecular weight excluding hydrogens is 705 g/mol. The largest absolute Gasteiger partial charge is 0.497 e. The number of methoxy groups -OCH3 is 1. The van der Waals surface area contributed by atoms with Gasteiger partial charge in [0, 0.05) is 84.7 Å². The molecule has 4 aliphatic heterocycles. The summed E-state index contributed by atoms with van der Waals surface area (Å²) in [6, 6.07) is 12.0. The Morgan fingerprint density at radius 1 is 0.981 bits per heavy atom. The third-order valence-electron chi connectivity index (χ3n) is 14.0. The number of nitrogens with one attached hydrogen (secondary N) is 1. The van der Waals surface area contributed by atoms with Crippen molar-refractivity contribution in [2.24, 2.45) is 16.2 Å². The average molecular weight is 759 g/mol. The van der Waals surface area contributed by atoms with Crippen LogP contribution in [0.15, 0.2) is 36.4 Å². The number of aromatic nitrogens is 1. The second-order valence-corrected chi connectivity index (χ2v) is 19.7. The topological polar surface area (TPSA) is 119 Å². The lowest BCUT2D eigenvalue weighted by Crippen LogP contribution is -2.43. The second-order valence-electron chi connectivity index (χ2n) is 17.4. The molecule has 3 unspecified atom stereocenters. The molecule has 5 heterocycles. The minimum Gasteiger partial charge on any atom is -0.497 e. The van der Waals surface area contributed by atoms with E-state index >= 15 is 4.79 Å². The number of amides is 2. The molecule has 0 radical (unpaired) electrons. The molecule has 1 aromatic heterocycles.